The Morgan fingerprint density at radius 2 is 1.80 bits per heavy atom. The molecule has 1 spiro atoms. The van der Waals surface area contributed by atoms with Crippen LogP contribution in [0, 0.1) is 0 Å². The number of aliphatic hydroxyl groups excluding tert-OH is 2. The van der Waals surface area contributed by atoms with E-state index in [2.05, 4.69) is 4.90 Å². The fourth-order valence-corrected chi connectivity index (χ4v) is 6.92. The van der Waals surface area contributed by atoms with Crippen molar-refractivity contribution in [1.82, 2.24) is 4.90 Å². The highest BCUT2D eigenvalue weighted by atomic mass is 16.6. The minimum atomic E-state index is -2.15. The number of aliphatic hydroxyl groups is 3. The number of benzene rings is 1. The van der Waals surface area contributed by atoms with E-state index in [0.717, 1.165) is 18.1 Å². The summed E-state index contributed by atoms with van der Waals surface area (Å²) in [5, 5.41) is 50.0. The zero-order valence-corrected chi connectivity index (χ0v) is 23.9. The highest BCUT2D eigenvalue weighted by Gasteiger charge is 2.71. The van der Waals surface area contributed by atoms with Crippen molar-refractivity contribution in [3.05, 3.63) is 40.7 Å². The Labute approximate surface area is 250 Å². The molecule has 0 saturated carbocycles. The van der Waals surface area contributed by atoms with E-state index in [1.54, 1.807) is 6.07 Å². The Hall–Kier alpha value is -4.05. The third kappa shape index (κ3) is 4.99. The van der Waals surface area contributed by atoms with Crippen LogP contribution >= 0.6 is 0 Å². The van der Waals surface area contributed by atoms with Crippen molar-refractivity contribution in [3.63, 3.8) is 0 Å². The second-order valence-electron chi connectivity index (χ2n) is 11.5. The van der Waals surface area contributed by atoms with Gasteiger partial charge in [0.1, 0.15) is 17.6 Å². The summed E-state index contributed by atoms with van der Waals surface area (Å²) in [4.78, 5) is 62.6. The number of carboxylic acids is 2. The van der Waals surface area contributed by atoms with Gasteiger partial charge in [-0.1, -0.05) is 12.1 Å². The summed E-state index contributed by atoms with van der Waals surface area (Å²) in [6.07, 6.45) is -6.45. The van der Waals surface area contributed by atoms with Crippen molar-refractivity contribution in [3.8, 4) is 5.75 Å². The van der Waals surface area contributed by atoms with Crippen molar-refractivity contribution in [2.75, 3.05) is 13.6 Å². The van der Waals surface area contributed by atoms with Gasteiger partial charge in [-0.15, -0.1) is 0 Å². The monoisotopic (exact) mass is 619 g/mol. The van der Waals surface area contributed by atoms with Gasteiger partial charge in [-0.25, -0.2) is 14.4 Å². The minimum absolute atomic E-state index is 0.0270. The quantitative estimate of drug-likeness (QED) is 0.150. The molecule has 1 aromatic rings. The van der Waals surface area contributed by atoms with E-state index in [1.165, 1.54) is 6.08 Å². The first-order valence-electron chi connectivity index (χ1n) is 14.0. The molecular formula is C29H33NO14. The molecule has 4 aliphatic rings. The van der Waals surface area contributed by atoms with Crippen molar-refractivity contribution in [2.24, 2.45) is 0 Å². The zero-order valence-electron chi connectivity index (χ0n) is 23.9. The number of aliphatic carboxylic acids is 2. The Morgan fingerprint density at radius 1 is 1.09 bits per heavy atom. The maximum atomic E-state index is 13.2. The van der Waals surface area contributed by atoms with E-state index in [4.69, 9.17) is 24.1 Å². The van der Waals surface area contributed by atoms with Crippen LogP contribution in [0.5, 0.6) is 5.75 Å². The van der Waals surface area contributed by atoms with Gasteiger partial charge in [-0.3, -0.25) is 9.59 Å². The van der Waals surface area contributed by atoms with Crippen LogP contribution in [0.25, 0.3) is 0 Å². The largest absolute Gasteiger partial charge is 0.481 e. The zero-order chi connectivity index (χ0) is 32.1. The van der Waals surface area contributed by atoms with E-state index < -0.39 is 78.1 Å². The summed E-state index contributed by atoms with van der Waals surface area (Å²) in [5.74, 6) is -6.93. The molecule has 0 amide bonds. The van der Waals surface area contributed by atoms with Gasteiger partial charge in [0.05, 0.1) is 30.5 Å². The second-order valence-corrected chi connectivity index (χ2v) is 11.5. The third-order valence-electron chi connectivity index (χ3n) is 8.97. The molecule has 7 atom stereocenters. The Bertz CT molecular complexity index is 1440. The van der Waals surface area contributed by atoms with Crippen LogP contribution in [0.2, 0.25) is 0 Å². The predicted molar refractivity (Wildman–Crippen MR) is 143 cm³/mol. The first-order valence-corrected chi connectivity index (χ1v) is 14.0. The molecule has 5 N–H and O–H groups in total. The normalized spacial score (nSPS) is 28.3. The molecule has 0 radical (unpaired) electrons. The van der Waals surface area contributed by atoms with Gasteiger partial charge in [-0.2, -0.15) is 0 Å². The van der Waals surface area contributed by atoms with E-state index >= 15 is 0 Å². The van der Waals surface area contributed by atoms with Crippen LogP contribution in [0.1, 0.15) is 49.3 Å². The van der Waals surface area contributed by atoms with Crippen LogP contribution in [0.15, 0.2) is 24.0 Å². The molecule has 1 saturated heterocycles. The van der Waals surface area contributed by atoms with Crippen molar-refractivity contribution in [2.45, 2.75) is 87.1 Å². The molecule has 1 fully saturated rings. The van der Waals surface area contributed by atoms with Gasteiger partial charge in [0.25, 0.3) is 0 Å². The molecule has 0 aromatic heterocycles. The number of piperidine rings is 1. The maximum Gasteiger partial charge on any atom is 0.348 e. The summed E-state index contributed by atoms with van der Waals surface area (Å²) in [5.41, 5.74) is -0.128. The van der Waals surface area contributed by atoms with E-state index in [1.807, 2.05) is 13.1 Å². The number of carboxylic acid groups (broad SMARTS) is 2. The molecule has 5 rings (SSSR count). The van der Waals surface area contributed by atoms with Gasteiger partial charge in [0.15, 0.2) is 6.10 Å². The molecular weight excluding hydrogens is 586 g/mol. The number of hydrogen-bond acceptors (Lipinski definition) is 13. The number of rotatable bonds is 11. The topological polar surface area (TPSA) is 227 Å². The smallest absolute Gasteiger partial charge is 0.348 e. The van der Waals surface area contributed by atoms with E-state index in [9.17, 15) is 44.4 Å². The molecule has 2 heterocycles. The second kappa shape index (κ2) is 11.5. The lowest BCUT2D eigenvalue weighted by molar-refractivity contribution is -0.184. The number of ether oxygens (including phenoxy) is 4. The lowest BCUT2D eigenvalue weighted by Crippen LogP contribution is -2.74. The fourth-order valence-electron chi connectivity index (χ4n) is 6.92. The number of carbonyl (C=O) groups is 5. The Kier molecular flexibility index (Phi) is 8.18. The fraction of sp³-hybridized carbons (Fsp3) is 0.552. The van der Waals surface area contributed by atoms with Gasteiger partial charge < -0.3 is 49.4 Å². The number of likely N-dealkylation sites (tertiary alicyclic amines) is 1. The van der Waals surface area contributed by atoms with Crippen molar-refractivity contribution < 1.29 is 68.5 Å². The van der Waals surface area contributed by atoms with Crippen LogP contribution < -0.4 is 4.74 Å². The maximum absolute atomic E-state index is 13.2. The van der Waals surface area contributed by atoms with Crippen molar-refractivity contribution in [1.29, 1.82) is 0 Å². The van der Waals surface area contributed by atoms with E-state index in [-0.39, 0.29) is 24.8 Å². The van der Waals surface area contributed by atoms with Crippen molar-refractivity contribution >= 4 is 29.8 Å². The predicted octanol–water partition coefficient (Wildman–Crippen LogP) is -0.846. The number of nitrogens with zero attached hydrogens (tertiary/aromatic N) is 1. The summed E-state index contributed by atoms with van der Waals surface area (Å²) in [7, 11) is 1.92. The molecule has 0 unspecified atom stereocenters. The first kappa shape index (κ1) is 31.4. The molecule has 44 heavy (non-hydrogen) atoms. The molecule has 15 nitrogen and oxygen atoms in total. The van der Waals surface area contributed by atoms with Gasteiger partial charge in [0, 0.05) is 23.6 Å². The molecule has 1 aromatic carbocycles. The molecule has 2 aliphatic carbocycles. The highest BCUT2D eigenvalue weighted by molar-refractivity contribution is 5.88. The highest BCUT2D eigenvalue weighted by Crippen LogP contribution is 2.64. The summed E-state index contributed by atoms with van der Waals surface area (Å²) >= 11 is 0. The van der Waals surface area contributed by atoms with Crippen LogP contribution in [-0.2, 0) is 56.6 Å². The Balaban J connectivity index is 1.42. The molecule has 2 bridgehead atoms. The number of carbonyl (C=O) groups excluding carboxylic acids is 3. The Morgan fingerprint density at radius 3 is 2.43 bits per heavy atom. The standard InChI is InChI=1S/C29H33NO14/c1-13(32)26(38)43-18(27(39)42-17(25(36)37)10-20(33)34)11-21(35)41-16-5-6-29(40)19-9-14-3-4-15(12-31)23-22(14)28(29,24(16)44-23)7-8-30(19)2/h3-5,13,17-19,24,31-32,40H,6-12H2,1-2H3,(H,33,34)(H,36,37)/t13-,17-,18-,19+,24-,28-,29+/m0/s1. The summed E-state index contributed by atoms with van der Waals surface area (Å²) in [6.45, 7) is 1.30. The number of likely N-dealkylation sites (N-methyl/N-ethyl adjacent to an activating group) is 1. The SMILES string of the molecule is C[C@H](O)C(=O)O[C@@H](CC(=O)OC1=CC[C@@]2(O)[C@H]3Cc4ccc(CO)c5c4[C@@]2(CCN3C)[C@H]1O5)C(=O)O[C@@H](CC(=O)O)C(=O)O. The van der Waals surface area contributed by atoms with Crippen LogP contribution in [0.3, 0.4) is 0 Å². The summed E-state index contributed by atoms with van der Waals surface area (Å²) < 4.78 is 21.6. The average Bonchev–Trinajstić information content (AvgIpc) is 3.31. The molecule has 15 heteroatoms. The lowest BCUT2D eigenvalue weighted by Gasteiger charge is -2.61. The van der Waals surface area contributed by atoms with Gasteiger partial charge in [0.2, 0.25) is 12.2 Å². The summed E-state index contributed by atoms with van der Waals surface area (Å²) in [6, 6.07) is 3.37. The first-order chi connectivity index (χ1) is 20.7. The molecule has 238 valence electrons. The lowest BCUT2D eigenvalue weighted by atomic mass is 9.50. The average molecular weight is 620 g/mol. The molecule has 2 aliphatic heterocycles. The van der Waals surface area contributed by atoms with Gasteiger partial charge >= 0.3 is 29.8 Å². The number of esters is 3. The number of hydrogen-bond donors (Lipinski definition) is 5. The van der Waals surface area contributed by atoms with Crippen LogP contribution in [0.4, 0.5) is 0 Å². The van der Waals surface area contributed by atoms with Crippen LogP contribution in [-0.4, -0.2) is 110 Å². The minimum Gasteiger partial charge on any atom is -0.481 e. The van der Waals surface area contributed by atoms with Gasteiger partial charge in [-0.05, 0) is 45.0 Å². The third-order valence-corrected chi connectivity index (χ3v) is 8.97. The van der Waals surface area contributed by atoms with E-state index in [0.29, 0.717) is 30.7 Å².